The van der Waals surface area contributed by atoms with Gasteiger partial charge in [0.2, 0.25) is 11.8 Å². The van der Waals surface area contributed by atoms with E-state index in [-0.39, 0.29) is 17.9 Å². The molecule has 1 atom stereocenters. The van der Waals surface area contributed by atoms with Crippen LogP contribution in [0.15, 0.2) is 22.7 Å². The van der Waals surface area contributed by atoms with Crippen molar-refractivity contribution >= 4 is 28.9 Å². The van der Waals surface area contributed by atoms with Crippen LogP contribution in [0.2, 0.25) is 0 Å². The van der Waals surface area contributed by atoms with Gasteiger partial charge in [-0.25, -0.2) is 4.79 Å². The average Bonchev–Trinajstić information content (AvgIpc) is 3.10. The van der Waals surface area contributed by atoms with E-state index in [0.717, 1.165) is 23.8 Å². The van der Waals surface area contributed by atoms with Gasteiger partial charge in [-0.15, -0.1) is 0 Å². The van der Waals surface area contributed by atoms with Gasteiger partial charge in [-0.05, 0) is 63.6 Å². The molecule has 2 aromatic rings. The number of amides is 3. The van der Waals surface area contributed by atoms with Crippen LogP contribution < -0.4 is 5.32 Å². The molecule has 2 saturated heterocycles. The summed E-state index contributed by atoms with van der Waals surface area (Å²) < 4.78 is 11.0. The van der Waals surface area contributed by atoms with E-state index in [9.17, 15) is 14.4 Å². The van der Waals surface area contributed by atoms with Gasteiger partial charge >= 0.3 is 6.09 Å². The van der Waals surface area contributed by atoms with Gasteiger partial charge in [-0.3, -0.25) is 14.9 Å². The molecule has 30 heavy (non-hydrogen) atoms. The highest BCUT2D eigenvalue weighted by Crippen LogP contribution is 2.34. The Morgan fingerprint density at radius 1 is 1.20 bits per heavy atom. The van der Waals surface area contributed by atoms with Gasteiger partial charge in [-0.1, -0.05) is 11.2 Å². The van der Waals surface area contributed by atoms with Crippen LogP contribution in [-0.4, -0.2) is 46.7 Å². The highest BCUT2D eigenvalue weighted by molar-refractivity contribution is 6.02. The Kier molecular flexibility index (Phi) is 5.26. The Hall–Kier alpha value is -2.90. The number of piperidine rings is 2. The summed E-state index contributed by atoms with van der Waals surface area (Å²) in [6.07, 6.45) is 2.18. The Morgan fingerprint density at radius 2 is 1.93 bits per heavy atom. The zero-order valence-corrected chi connectivity index (χ0v) is 17.6. The zero-order chi connectivity index (χ0) is 21.5. The Morgan fingerprint density at radius 3 is 2.60 bits per heavy atom. The lowest BCUT2D eigenvalue weighted by Gasteiger charge is -2.33. The van der Waals surface area contributed by atoms with E-state index in [1.807, 2.05) is 39.0 Å². The number of nitrogens with one attached hydrogen (secondary N) is 1. The van der Waals surface area contributed by atoms with Crippen molar-refractivity contribution in [2.24, 2.45) is 0 Å². The fraction of sp³-hybridized carbons (Fsp3) is 0.545. The zero-order valence-electron chi connectivity index (χ0n) is 17.6. The van der Waals surface area contributed by atoms with Crippen LogP contribution in [0.4, 0.5) is 4.79 Å². The molecule has 0 aliphatic carbocycles. The minimum absolute atomic E-state index is 0.246. The second-order valence-corrected chi connectivity index (χ2v) is 9.07. The van der Waals surface area contributed by atoms with Gasteiger partial charge in [0.05, 0.1) is 5.92 Å². The molecule has 0 radical (unpaired) electrons. The normalized spacial score (nSPS) is 21.0. The summed E-state index contributed by atoms with van der Waals surface area (Å²) in [6.45, 7) is 6.90. The summed E-state index contributed by atoms with van der Waals surface area (Å²) in [5.74, 6) is -0.715. The van der Waals surface area contributed by atoms with E-state index < -0.39 is 11.5 Å². The maximum absolute atomic E-state index is 12.3. The van der Waals surface area contributed by atoms with Crippen molar-refractivity contribution in [3.05, 3.63) is 29.5 Å². The molecule has 2 aliphatic heterocycles. The number of hydrogen-bond donors (Lipinski definition) is 1. The highest BCUT2D eigenvalue weighted by atomic mass is 16.6. The minimum atomic E-state index is -0.495. The number of imide groups is 1. The molecule has 1 aromatic carbocycles. The molecule has 0 saturated carbocycles. The lowest BCUT2D eigenvalue weighted by molar-refractivity contribution is -0.134. The van der Waals surface area contributed by atoms with Gasteiger partial charge < -0.3 is 14.2 Å². The number of nitrogens with zero attached hydrogens (tertiary/aromatic N) is 2. The Balaban J connectivity index is 1.45. The van der Waals surface area contributed by atoms with E-state index in [0.29, 0.717) is 43.1 Å². The molecule has 2 fully saturated rings. The minimum Gasteiger partial charge on any atom is -0.444 e. The molecule has 2 aliphatic rings. The molecule has 1 unspecified atom stereocenters. The molecule has 1 aromatic heterocycles. The number of likely N-dealkylation sites (tertiary alicyclic amines) is 1. The SMILES string of the molecule is CC(C)(C)OC(=O)N1CCC(c2ccc3c(C4CCC(=O)NC4=O)noc3c2)CC1. The van der Waals surface area contributed by atoms with E-state index in [2.05, 4.69) is 10.5 Å². The number of aromatic nitrogens is 1. The number of ether oxygens (including phenoxy) is 1. The highest BCUT2D eigenvalue weighted by Gasteiger charge is 2.32. The Bertz CT molecular complexity index is 982. The number of hydrogen-bond acceptors (Lipinski definition) is 6. The van der Waals surface area contributed by atoms with Crippen LogP contribution in [0.5, 0.6) is 0 Å². The quantitative estimate of drug-likeness (QED) is 0.757. The predicted molar refractivity (Wildman–Crippen MR) is 109 cm³/mol. The second-order valence-electron chi connectivity index (χ2n) is 9.07. The van der Waals surface area contributed by atoms with Crippen LogP contribution in [0.3, 0.4) is 0 Å². The lowest BCUT2D eigenvalue weighted by Crippen LogP contribution is -2.41. The van der Waals surface area contributed by atoms with E-state index in [1.54, 1.807) is 4.90 Å². The maximum atomic E-state index is 12.3. The number of benzene rings is 1. The molecular weight excluding hydrogens is 386 g/mol. The third-order valence-corrected chi connectivity index (χ3v) is 5.71. The second kappa shape index (κ2) is 7.74. The molecule has 1 N–H and O–H groups in total. The van der Waals surface area contributed by atoms with Gasteiger partial charge in [0.25, 0.3) is 0 Å². The summed E-state index contributed by atoms with van der Waals surface area (Å²) in [5, 5.41) is 7.31. The lowest BCUT2D eigenvalue weighted by atomic mass is 9.88. The summed E-state index contributed by atoms with van der Waals surface area (Å²) in [4.78, 5) is 37.6. The molecule has 8 nitrogen and oxygen atoms in total. The predicted octanol–water partition coefficient (Wildman–Crippen LogP) is 3.46. The third kappa shape index (κ3) is 4.17. The first kappa shape index (κ1) is 20.4. The maximum Gasteiger partial charge on any atom is 0.410 e. The fourth-order valence-electron chi connectivity index (χ4n) is 4.16. The first-order valence-corrected chi connectivity index (χ1v) is 10.4. The number of fused-ring (bicyclic) bond motifs is 1. The first-order valence-electron chi connectivity index (χ1n) is 10.4. The van der Waals surface area contributed by atoms with Crippen molar-refractivity contribution < 1.29 is 23.6 Å². The van der Waals surface area contributed by atoms with Crippen LogP contribution in [0.25, 0.3) is 11.0 Å². The van der Waals surface area contributed by atoms with Crippen LogP contribution in [-0.2, 0) is 14.3 Å². The van der Waals surface area contributed by atoms with Crippen molar-refractivity contribution in [1.82, 2.24) is 15.4 Å². The number of carbonyl (C=O) groups excluding carboxylic acids is 3. The third-order valence-electron chi connectivity index (χ3n) is 5.71. The fourth-order valence-corrected chi connectivity index (χ4v) is 4.16. The van der Waals surface area contributed by atoms with Gasteiger partial charge in [-0.2, -0.15) is 0 Å². The van der Waals surface area contributed by atoms with Crippen molar-refractivity contribution in [1.29, 1.82) is 0 Å². The van der Waals surface area contributed by atoms with Gasteiger partial charge in [0.1, 0.15) is 11.3 Å². The summed E-state index contributed by atoms with van der Waals surface area (Å²) in [7, 11) is 0. The standard InChI is InChI=1S/C22H27N3O5/c1-22(2,3)29-21(28)25-10-8-13(9-11-25)14-4-5-15-17(12-14)30-24-19(15)16-6-7-18(26)23-20(16)27/h4-5,12-13,16H,6-11H2,1-3H3,(H,23,26,27). The van der Waals surface area contributed by atoms with E-state index in [4.69, 9.17) is 9.26 Å². The monoisotopic (exact) mass is 413 g/mol. The average molecular weight is 413 g/mol. The molecule has 0 spiro atoms. The molecule has 3 amide bonds. The van der Waals surface area contributed by atoms with Gasteiger partial charge in [0, 0.05) is 24.9 Å². The first-order chi connectivity index (χ1) is 14.2. The van der Waals surface area contributed by atoms with Crippen LogP contribution in [0.1, 0.15) is 69.5 Å². The number of rotatable bonds is 2. The van der Waals surface area contributed by atoms with Crippen molar-refractivity contribution in [3.8, 4) is 0 Å². The largest absolute Gasteiger partial charge is 0.444 e. The summed E-state index contributed by atoms with van der Waals surface area (Å²) in [5.41, 5.74) is 1.87. The van der Waals surface area contributed by atoms with E-state index in [1.165, 1.54) is 0 Å². The molecule has 0 bridgehead atoms. The van der Waals surface area contributed by atoms with Gasteiger partial charge in [0.15, 0.2) is 5.58 Å². The molecule has 4 rings (SSSR count). The van der Waals surface area contributed by atoms with Crippen LogP contribution >= 0.6 is 0 Å². The van der Waals surface area contributed by atoms with E-state index >= 15 is 0 Å². The smallest absolute Gasteiger partial charge is 0.410 e. The van der Waals surface area contributed by atoms with Crippen molar-refractivity contribution in [2.45, 2.75) is 63.9 Å². The summed E-state index contributed by atoms with van der Waals surface area (Å²) in [6, 6.07) is 5.97. The Labute approximate surface area is 174 Å². The molecule has 3 heterocycles. The summed E-state index contributed by atoms with van der Waals surface area (Å²) >= 11 is 0. The van der Waals surface area contributed by atoms with Crippen molar-refractivity contribution in [3.63, 3.8) is 0 Å². The molecular formula is C22H27N3O5. The van der Waals surface area contributed by atoms with Crippen molar-refractivity contribution in [2.75, 3.05) is 13.1 Å². The number of carbonyl (C=O) groups is 3. The molecule has 8 heteroatoms. The molecule has 160 valence electrons. The van der Waals surface area contributed by atoms with Crippen LogP contribution in [0, 0.1) is 0 Å². The topological polar surface area (TPSA) is 102 Å².